The van der Waals surface area contributed by atoms with Gasteiger partial charge in [0.25, 0.3) is 0 Å². The van der Waals surface area contributed by atoms with Crippen molar-refractivity contribution in [2.75, 3.05) is 0 Å². The van der Waals surface area contributed by atoms with E-state index >= 15 is 35.1 Å². The Morgan fingerprint density at radius 2 is 0.404 bits per heavy atom. The van der Waals surface area contributed by atoms with Gasteiger partial charge in [-0.25, -0.2) is 80.2 Å². The van der Waals surface area contributed by atoms with Crippen LogP contribution in [-0.2, 0) is 16.5 Å². The van der Waals surface area contributed by atoms with E-state index < -0.39 is 183 Å². The molecule has 0 spiro atoms. The molecule has 0 saturated carbocycles. The van der Waals surface area contributed by atoms with E-state index in [2.05, 4.69) is 39.9 Å². The van der Waals surface area contributed by atoms with Crippen LogP contribution in [0.25, 0.3) is 89.7 Å². The SMILES string of the molecule is Fc1c(F)c(F)c2c(c1F)-c1nc-2nc2[n-]c(nc3nc(nc4[n-]c(n1)c1c(F)c(F)c(F)c(F)c41)-c1c(F)c(F)c(F)c(F)c1-3)c1c(F)c(F)c(F)c(F)c21.[Ni+2]. The molecule has 0 aliphatic carbocycles. The molecule has 0 saturated heterocycles. The van der Waals surface area contributed by atoms with Gasteiger partial charge in [0.1, 0.15) is 0 Å². The van der Waals surface area contributed by atoms with Gasteiger partial charge in [-0.05, 0) is 0 Å². The van der Waals surface area contributed by atoms with Gasteiger partial charge in [-0.1, -0.05) is 0 Å². The predicted octanol–water partition coefficient (Wildman–Crippen LogP) is 8.35. The summed E-state index contributed by atoms with van der Waals surface area (Å²) in [5, 5.41) is -6.07. The standard InChI is InChI=1S/C32F16N8.Ni/c33-9-1-2(10(34)18(42)17(9)41)26-49-25(1)53-27-3-4(12(36)20(44)19(43)11(3)35)29(50-27)55-31-7-8(16(40)24(48)23(47)15(7)39)32(52-31)56-30-6-5(28(51-30)54-26)13(37)21(45)22(46)14(6)38;/q-2;+2. The quantitative estimate of drug-likeness (QED) is 0.0649. The average molecular weight is 859 g/mol. The summed E-state index contributed by atoms with van der Waals surface area (Å²) < 4.78 is 240. The molecular formula is C32F16N8Ni. The van der Waals surface area contributed by atoms with Crippen molar-refractivity contribution in [2.24, 2.45) is 0 Å². The van der Waals surface area contributed by atoms with Gasteiger partial charge >= 0.3 is 16.5 Å². The molecule has 5 heterocycles. The van der Waals surface area contributed by atoms with Crippen molar-refractivity contribution in [1.29, 1.82) is 0 Å². The van der Waals surface area contributed by atoms with Crippen molar-refractivity contribution >= 4 is 44.1 Å². The molecule has 0 N–H and O–H groups in total. The van der Waals surface area contributed by atoms with Gasteiger partial charge in [0.05, 0.1) is 45.6 Å². The van der Waals surface area contributed by atoms with Crippen LogP contribution >= 0.6 is 0 Å². The van der Waals surface area contributed by atoms with Crippen LogP contribution in [0.3, 0.4) is 0 Å². The Labute approximate surface area is 309 Å². The molecule has 3 aromatic heterocycles. The molecule has 2 aliphatic heterocycles. The third-order valence-corrected chi connectivity index (χ3v) is 8.55. The molecular weight excluding hydrogens is 859 g/mol. The van der Waals surface area contributed by atoms with Crippen molar-refractivity contribution in [1.82, 2.24) is 39.9 Å². The fraction of sp³-hybridized carbons (Fsp3) is 0. The Bertz CT molecular complexity index is 2820. The largest absolute Gasteiger partial charge is 2.00 e. The van der Waals surface area contributed by atoms with Crippen LogP contribution < -0.4 is 9.97 Å². The van der Waals surface area contributed by atoms with E-state index in [9.17, 15) is 35.1 Å². The molecule has 2 aliphatic rings. The first-order valence-corrected chi connectivity index (χ1v) is 14.6. The predicted molar refractivity (Wildman–Crippen MR) is 153 cm³/mol. The van der Waals surface area contributed by atoms with E-state index in [1.54, 1.807) is 0 Å². The fourth-order valence-electron chi connectivity index (χ4n) is 6.10. The van der Waals surface area contributed by atoms with Crippen LogP contribution in [0.5, 0.6) is 0 Å². The Morgan fingerprint density at radius 3 is 0.596 bits per heavy atom. The van der Waals surface area contributed by atoms with Crippen LogP contribution in [-0.4, -0.2) is 29.9 Å². The van der Waals surface area contributed by atoms with E-state index in [1.165, 1.54) is 0 Å². The average Bonchev–Trinajstić information content (AvgIpc) is 3.92. The maximum atomic E-state index is 15.4. The monoisotopic (exact) mass is 858 g/mol. The Balaban J connectivity index is 0.00000455. The number of fused-ring (bicyclic) bond motifs is 20. The molecule has 0 unspecified atom stereocenters. The molecule has 0 radical (unpaired) electrons. The van der Waals surface area contributed by atoms with Gasteiger partial charge in [0.2, 0.25) is 0 Å². The number of benzene rings is 4. The Kier molecular flexibility index (Phi) is 8.10. The molecule has 0 fully saturated rings. The second-order valence-corrected chi connectivity index (χ2v) is 11.5. The molecule has 290 valence electrons. The Morgan fingerprint density at radius 1 is 0.228 bits per heavy atom. The molecule has 7 aromatic rings. The van der Waals surface area contributed by atoms with Crippen LogP contribution in [0.2, 0.25) is 0 Å². The van der Waals surface area contributed by atoms with Gasteiger partial charge in [-0.2, -0.15) is 0 Å². The summed E-state index contributed by atoms with van der Waals surface area (Å²) >= 11 is 0. The molecule has 25 heteroatoms. The number of rotatable bonds is 0. The van der Waals surface area contributed by atoms with Crippen LogP contribution in [0, 0.1) is 93.1 Å². The minimum absolute atomic E-state index is 0. The van der Waals surface area contributed by atoms with Crippen LogP contribution in [0.15, 0.2) is 0 Å². The minimum atomic E-state index is -2.55. The van der Waals surface area contributed by atoms with Gasteiger partial charge in [0.15, 0.2) is 93.1 Å². The summed E-state index contributed by atoms with van der Waals surface area (Å²) in [5.74, 6) is -44.8. The number of halogens is 16. The number of hydrogen-bond donors (Lipinski definition) is 0. The molecule has 57 heavy (non-hydrogen) atoms. The van der Waals surface area contributed by atoms with Gasteiger partial charge in [0, 0.05) is 44.1 Å². The maximum Gasteiger partial charge on any atom is 2.00 e. The van der Waals surface area contributed by atoms with Crippen molar-refractivity contribution in [2.45, 2.75) is 0 Å². The zero-order chi connectivity index (χ0) is 40.1. The summed E-state index contributed by atoms with van der Waals surface area (Å²) in [4.78, 5) is 28.3. The van der Waals surface area contributed by atoms with Gasteiger partial charge in [-0.3, -0.25) is 0 Å². The van der Waals surface area contributed by atoms with E-state index in [4.69, 9.17) is 0 Å². The summed E-state index contributed by atoms with van der Waals surface area (Å²) in [6.07, 6.45) is 0. The zero-order valence-electron chi connectivity index (χ0n) is 25.9. The van der Waals surface area contributed by atoms with E-state index in [-0.39, 0.29) is 16.5 Å². The first kappa shape index (κ1) is 37.5. The van der Waals surface area contributed by atoms with Crippen molar-refractivity contribution in [3.63, 3.8) is 0 Å². The number of aromatic nitrogens is 8. The van der Waals surface area contributed by atoms with E-state index in [1.807, 2.05) is 0 Å². The third-order valence-electron chi connectivity index (χ3n) is 8.55. The second-order valence-electron chi connectivity index (χ2n) is 11.5. The number of hydrogen-bond acceptors (Lipinski definition) is 6. The van der Waals surface area contributed by atoms with Gasteiger partial charge in [-0.15, -0.1) is 0 Å². The Hall–Kier alpha value is -6.39. The topological polar surface area (TPSA) is 106 Å². The fourth-order valence-corrected chi connectivity index (χ4v) is 6.10. The molecule has 0 amide bonds. The van der Waals surface area contributed by atoms with Crippen molar-refractivity contribution < 1.29 is 86.7 Å². The van der Waals surface area contributed by atoms with Gasteiger partial charge < -0.3 is 29.9 Å². The van der Waals surface area contributed by atoms with Crippen molar-refractivity contribution in [3.05, 3.63) is 93.1 Å². The van der Waals surface area contributed by atoms with Crippen LogP contribution in [0.1, 0.15) is 0 Å². The molecule has 8 bridgehead atoms. The molecule has 9 rings (SSSR count). The summed E-state index contributed by atoms with van der Waals surface area (Å²) in [6, 6.07) is 0. The summed E-state index contributed by atoms with van der Waals surface area (Å²) in [7, 11) is 0. The number of nitrogens with zero attached hydrogens (tertiary/aromatic N) is 8. The van der Waals surface area contributed by atoms with Crippen LogP contribution in [0.4, 0.5) is 70.2 Å². The summed E-state index contributed by atoms with van der Waals surface area (Å²) in [5.41, 5.74) is -11.8. The third kappa shape index (κ3) is 4.77. The maximum absolute atomic E-state index is 15.4. The molecule has 0 atom stereocenters. The minimum Gasteiger partial charge on any atom is -0.357 e. The first-order valence-electron chi connectivity index (χ1n) is 14.6. The van der Waals surface area contributed by atoms with E-state index in [0.717, 1.165) is 0 Å². The summed E-state index contributed by atoms with van der Waals surface area (Å²) in [6.45, 7) is 0. The first-order chi connectivity index (χ1) is 26.4. The molecule has 4 aromatic carbocycles. The second kappa shape index (κ2) is 12.3. The smallest absolute Gasteiger partial charge is 0.357 e. The van der Waals surface area contributed by atoms with E-state index in [0.29, 0.717) is 0 Å². The zero-order valence-corrected chi connectivity index (χ0v) is 26.9. The molecule has 8 nitrogen and oxygen atoms in total. The normalized spacial score (nSPS) is 12.1. The van der Waals surface area contributed by atoms with Crippen molar-refractivity contribution in [3.8, 4) is 45.6 Å².